The Bertz CT molecular complexity index is 708. The second-order valence-electron chi connectivity index (χ2n) is 6.48. The predicted molar refractivity (Wildman–Crippen MR) is 99.7 cm³/mol. The fourth-order valence-electron chi connectivity index (χ4n) is 2.88. The van der Waals surface area contributed by atoms with Crippen molar-refractivity contribution in [1.29, 1.82) is 0 Å². The average Bonchev–Trinajstić information content (AvgIpc) is 2.69. The molecule has 162 valence electrons. The van der Waals surface area contributed by atoms with Crippen LogP contribution in [0.25, 0.3) is 0 Å². The van der Waals surface area contributed by atoms with Crippen LogP contribution in [0, 0.1) is 0 Å². The normalized spacial score (nSPS) is 17.1. The van der Waals surface area contributed by atoms with Crippen LogP contribution in [0.3, 0.4) is 0 Å². The monoisotopic (exact) mass is 437 g/mol. The van der Waals surface area contributed by atoms with E-state index in [1.54, 1.807) is 0 Å². The Morgan fingerprint density at radius 2 is 2.07 bits per heavy atom. The highest BCUT2D eigenvalue weighted by Gasteiger charge is 2.43. The van der Waals surface area contributed by atoms with Crippen LogP contribution in [0.5, 0.6) is 0 Å². The topological polar surface area (TPSA) is 65.1 Å². The smallest absolute Gasteiger partial charge is 0.469 e. The maximum atomic E-state index is 13.1. The lowest BCUT2D eigenvalue weighted by atomic mass is 10.1. The van der Waals surface area contributed by atoms with Crippen molar-refractivity contribution in [3.63, 3.8) is 0 Å². The molecule has 1 aromatic carbocycles. The first-order chi connectivity index (χ1) is 13.7. The maximum Gasteiger partial charge on any atom is 0.471 e. The molecule has 0 spiro atoms. The third-order valence-electron chi connectivity index (χ3n) is 4.39. The lowest BCUT2D eigenvalue weighted by Crippen LogP contribution is -2.43. The zero-order valence-corrected chi connectivity index (χ0v) is 16.7. The summed E-state index contributed by atoms with van der Waals surface area (Å²) in [4.78, 5) is 23.7. The molecule has 0 N–H and O–H groups in total. The third-order valence-corrected chi connectivity index (χ3v) is 4.70. The fourth-order valence-corrected chi connectivity index (χ4v) is 3.18. The number of amides is 1. The molecule has 1 atom stereocenters. The van der Waals surface area contributed by atoms with E-state index in [1.165, 1.54) is 25.3 Å². The molecule has 1 aliphatic heterocycles. The molecule has 0 radical (unpaired) electrons. The summed E-state index contributed by atoms with van der Waals surface area (Å²) >= 11 is 6.15. The van der Waals surface area contributed by atoms with E-state index in [0.717, 1.165) is 12.8 Å². The lowest BCUT2D eigenvalue weighted by molar-refractivity contribution is -0.173. The van der Waals surface area contributed by atoms with Crippen LogP contribution in [-0.2, 0) is 30.2 Å². The molecule has 10 heteroatoms. The first-order valence-electron chi connectivity index (χ1n) is 9.19. The number of aryl methyl sites for hydroxylation is 1. The van der Waals surface area contributed by atoms with Crippen LogP contribution in [0.15, 0.2) is 18.2 Å². The summed E-state index contributed by atoms with van der Waals surface area (Å²) in [5.41, 5.74) is 0.555. The van der Waals surface area contributed by atoms with Crippen LogP contribution in [0.4, 0.5) is 18.9 Å². The fraction of sp³-hybridized carbons (Fsp3) is 0.579. The number of methoxy groups -OCH3 is 1. The van der Waals surface area contributed by atoms with E-state index < -0.39 is 24.3 Å². The molecule has 0 aliphatic carbocycles. The van der Waals surface area contributed by atoms with Crippen molar-refractivity contribution < 1.29 is 37.0 Å². The Hall–Kier alpha value is -1.84. The first-order valence-corrected chi connectivity index (χ1v) is 9.57. The minimum atomic E-state index is -5.06. The Kier molecular flexibility index (Phi) is 8.73. The summed E-state index contributed by atoms with van der Waals surface area (Å²) < 4.78 is 54.6. The minimum absolute atomic E-state index is 0.0288. The van der Waals surface area contributed by atoms with E-state index in [9.17, 15) is 22.8 Å². The summed E-state index contributed by atoms with van der Waals surface area (Å²) in [5.74, 6) is -2.45. The quantitative estimate of drug-likeness (QED) is 0.577. The highest BCUT2D eigenvalue weighted by atomic mass is 35.5. The largest absolute Gasteiger partial charge is 0.471 e. The zero-order chi connectivity index (χ0) is 21.4. The molecule has 1 fully saturated rings. The Morgan fingerprint density at radius 1 is 1.31 bits per heavy atom. The number of rotatable bonds is 8. The van der Waals surface area contributed by atoms with E-state index in [0.29, 0.717) is 29.9 Å². The predicted octanol–water partition coefficient (Wildman–Crippen LogP) is 3.88. The molecule has 0 aromatic heterocycles. The Morgan fingerprint density at radius 3 is 2.66 bits per heavy atom. The van der Waals surface area contributed by atoms with E-state index in [1.807, 2.05) is 0 Å². The molecule has 1 amide bonds. The number of carbonyl (C=O) groups excluding carboxylic acids is 2. The van der Waals surface area contributed by atoms with Crippen LogP contribution in [0.2, 0.25) is 5.02 Å². The van der Waals surface area contributed by atoms with Gasteiger partial charge in [-0.2, -0.15) is 13.2 Å². The van der Waals surface area contributed by atoms with Crippen molar-refractivity contribution in [2.75, 3.05) is 31.8 Å². The van der Waals surface area contributed by atoms with Crippen molar-refractivity contribution in [2.45, 2.75) is 44.6 Å². The molecule has 1 saturated heterocycles. The molecule has 0 saturated carbocycles. The summed E-state index contributed by atoms with van der Waals surface area (Å²) in [7, 11) is 1.26. The number of esters is 1. The highest BCUT2D eigenvalue weighted by molar-refractivity contribution is 6.34. The van der Waals surface area contributed by atoms with Crippen molar-refractivity contribution >= 4 is 29.2 Å². The van der Waals surface area contributed by atoms with Gasteiger partial charge < -0.3 is 19.1 Å². The van der Waals surface area contributed by atoms with E-state index >= 15 is 0 Å². The average molecular weight is 438 g/mol. The lowest BCUT2D eigenvalue weighted by Gasteiger charge is -2.27. The minimum Gasteiger partial charge on any atom is -0.469 e. The van der Waals surface area contributed by atoms with Gasteiger partial charge in [0, 0.05) is 19.6 Å². The van der Waals surface area contributed by atoms with Gasteiger partial charge >= 0.3 is 18.1 Å². The first kappa shape index (κ1) is 23.4. The molecule has 1 aliphatic rings. The number of halogens is 4. The molecule has 1 heterocycles. The summed E-state index contributed by atoms with van der Waals surface area (Å²) in [6.07, 6.45) is -2.65. The Labute approximate surface area is 171 Å². The molecule has 6 nitrogen and oxygen atoms in total. The van der Waals surface area contributed by atoms with Gasteiger partial charge in [0.15, 0.2) is 6.29 Å². The third kappa shape index (κ3) is 7.17. The molecular weight excluding hydrogens is 415 g/mol. The Balaban J connectivity index is 2.10. The molecular formula is C19H23ClF3NO5. The van der Waals surface area contributed by atoms with Gasteiger partial charge in [-0.15, -0.1) is 0 Å². The number of benzene rings is 1. The second kappa shape index (κ2) is 10.8. The second-order valence-corrected chi connectivity index (χ2v) is 6.89. The summed E-state index contributed by atoms with van der Waals surface area (Å²) in [5, 5.41) is -0.0288. The van der Waals surface area contributed by atoms with Crippen LogP contribution in [-0.4, -0.2) is 51.2 Å². The van der Waals surface area contributed by atoms with Crippen molar-refractivity contribution in [2.24, 2.45) is 0 Å². The summed E-state index contributed by atoms with van der Waals surface area (Å²) in [6, 6.07) is 4.28. The highest BCUT2D eigenvalue weighted by Crippen LogP contribution is 2.31. The van der Waals surface area contributed by atoms with Gasteiger partial charge in [0.25, 0.3) is 0 Å². The molecule has 1 unspecified atom stereocenters. The number of anilines is 1. The molecule has 0 bridgehead atoms. The molecule has 1 aromatic rings. The number of hydrogen-bond acceptors (Lipinski definition) is 5. The van der Waals surface area contributed by atoms with Gasteiger partial charge in [-0.25, -0.2) is 0 Å². The maximum absolute atomic E-state index is 13.1. The zero-order valence-electron chi connectivity index (χ0n) is 16.0. The summed E-state index contributed by atoms with van der Waals surface area (Å²) in [6.45, 7) is 0.0705. The van der Waals surface area contributed by atoms with Gasteiger partial charge in [-0.1, -0.05) is 17.7 Å². The molecule has 29 heavy (non-hydrogen) atoms. The van der Waals surface area contributed by atoms with Crippen LogP contribution >= 0.6 is 11.6 Å². The van der Waals surface area contributed by atoms with Gasteiger partial charge in [-0.05, 0) is 43.4 Å². The van der Waals surface area contributed by atoms with Crippen molar-refractivity contribution in [1.82, 2.24) is 0 Å². The number of nitrogens with zero attached hydrogens (tertiary/aromatic N) is 1. The van der Waals surface area contributed by atoms with Crippen LogP contribution < -0.4 is 4.90 Å². The van der Waals surface area contributed by atoms with E-state index in [4.69, 9.17) is 21.1 Å². The van der Waals surface area contributed by atoms with Crippen LogP contribution in [0.1, 0.15) is 31.2 Å². The van der Waals surface area contributed by atoms with Crippen molar-refractivity contribution in [3.8, 4) is 0 Å². The standard InChI is InChI=1S/C19H23ClF3NO5/c1-27-16(25)8-6-13-5-7-15(14(20)12-13)24(18(26)19(21,22)23)9-11-29-17-4-2-3-10-28-17/h5,7,12,17H,2-4,6,8-11H2,1H3. The molecule has 2 rings (SSSR count). The van der Waals surface area contributed by atoms with E-state index in [-0.39, 0.29) is 30.3 Å². The number of hydrogen-bond donors (Lipinski definition) is 0. The van der Waals surface area contributed by atoms with Gasteiger partial charge in [0.2, 0.25) is 0 Å². The number of ether oxygens (including phenoxy) is 3. The SMILES string of the molecule is COC(=O)CCc1ccc(N(CCOC2CCCCO2)C(=O)C(F)(F)F)c(Cl)c1. The van der Waals surface area contributed by atoms with Crippen molar-refractivity contribution in [3.05, 3.63) is 28.8 Å². The van der Waals surface area contributed by atoms with Gasteiger partial charge in [-0.3, -0.25) is 9.59 Å². The number of carbonyl (C=O) groups is 2. The van der Waals surface area contributed by atoms with Gasteiger partial charge in [0.1, 0.15) is 0 Å². The van der Waals surface area contributed by atoms with Gasteiger partial charge in [0.05, 0.1) is 24.4 Å². The van der Waals surface area contributed by atoms with E-state index in [2.05, 4.69) is 4.74 Å². The number of alkyl halides is 3.